The lowest BCUT2D eigenvalue weighted by Gasteiger charge is -2.26. The van der Waals surface area contributed by atoms with Crippen molar-refractivity contribution >= 4 is 5.78 Å². The molecule has 2 fully saturated rings. The van der Waals surface area contributed by atoms with Crippen LogP contribution in [0.15, 0.2) is 6.20 Å². The number of ketones is 1. The van der Waals surface area contributed by atoms with Crippen molar-refractivity contribution < 1.29 is 9.53 Å². The first-order chi connectivity index (χ1) is 9.22. The van der Waals surface area contributed by atoms with Gasteiger partial charge in [0.15, 0.2) is 6.23 Å². The third-order valence-electron chi connectivity index (χ3n) is 3.75. The molecule has 104 valence electrons. The highest BCUT2D eigenvalue weighted by Gasteiger charge is 2.28. The van der Waals surface area contributed by atoms with Crippen LogP contribution in [0.4, 0.5) is 0 Å². The smallest absolute Gasteiger partial charge is 0.169 e. The molecule has 6 nitrogen and oxygen atoms in total. The van der Waals surface area contributed by atoms with E-state index in [1.54, 1.807) is 11.0 Å². The monoisotopic (exact) mass is 264 g/mol. The van der Waals surface area contributed by atoms with Gasteiger partial charge in [-0.1, -0.05) is 0 Å². The van der Waals surface area contributed by atoms with Crippen molar-refractivity contribution in [3.8, 4) is 0 Å². The molecule has 0 amide bonds. The minimum Gasteiger partial charge on any atom is -0.355 e. The number of rotatable bonds is 2. The Morgan fingerprint density at radius 2 is 2.32 bits per heavy atom. The van der Waals surface area contributed by atoms with Crippen molar-refractivity contribution in [2.24, 2.45) is 0 Å². The van der Waals surface area contributed by atoms with Gasteiger partial charge in [0.2, 0.25) is 0 Å². The molecule has 2 saturated heterocycles. The van der Waals surface area contributed by atoms with Crippen LogP contribution in [-0.2, 0) is 9.53 Å². The fraction of sp³-hybridized carbons (Fsp3) is 0.769. The number of Topliss-reactive ketones (excluding diaryl/α,β-unsaturated/α-hetero) is 1. The van der Waals surface area contributed by atoms with Crippen LogP contribution < -0.4 is 5.32 Å². The Hall–Kier alpha value is -1.27. The number of nitrogens with one attached hydrogen (secondary N) is 1. The van der Waals surface area contributed by atoms with E-state index in [0.29, 0.717) is 18.6 Å². The minimum absolute atomic E-state index is 0.00593. The van der Waals surface area contributed by atoms with Crippen LogP contribution in [0.1, 0.15) is 57.0 Å². The topological polar surface area (TPSA) is 69.0 Å². The van der Waals surface area contributed by atoms with Crippen molar-refractivity contribution in [3.05, 3.63) is 11.9 Å². The van der Waals surface area contributed by atoms with Gasteiger partial charge in [0, 0.05) is 25.5 Å². The van der Waals surface area contributed by atoms with Crippen LogP contribution in [0.3, 0.4) is 0 Å². The molecule has 3 atom stereocenters. The van der Waals surface area contributed by atoms with E-state index in [-0.39, 0.29) is 18.3 Å². The van der Waals surface area contributed by atoms with E-state index in [0.717, 1.165) is 31.6 Å². The maximum atomic E-state index is 11.6. The van der Waals surface area contributed by atoms with Crippen molar-refractivity contribution in [3.63, 3.8) is 0 Å². The van der Waals surface area contributed by atoms with Gasteiger partial charge in [0.05, 0.1) is 12.2 Å². The molecule has 0 aromatic carbocycles. The lowest BCUT2D eigenvalue weighted by Crippen LogP contribution is -2.39. The van der Waals surface area contributed by atoms with Gasteiger partial charge in [-0.25, -0.2) is 0 Å². The minimum atomic E-state index is -0.0424. The zero-order valence-corrected chi connectivity index (χ0v) is 11.2. The summed E-state index contributed by atoms with van der Waals surface area (Å²) in [7, 11) is 0. The second kappa shape index (κ2) is 5.38. The van der Waals surface area contributed by atoms with Gasteiger partial charge in [-0.3, -0.25) is 4.79 Å². The maximum Gasteiger partial charge on any atom is 0.169 e. The van der Waals surface area contributed by atoms with Gasteiger partial charge in [-0.15, -0.1) is 0 Å². The van der Waals surface area contributed by atoms with E-state index in [2.05, 4.69) is 15.5 Å². The SMILES string of the molecule is CC1CC(=O)CC(c2cnn(C3CCCCO3)n2)N1. The van der Waals surface area contributed by atoms with Crippen LogP contribution in [-0.4, -0.2) is 33.4 Å². The van der Waals surface area contributed by atoms with E-state index in [1.807, 2.05) is 6.92 Å². The van der Waals surface area contributed by atoms with E-state index in [4.69, 9.17) is 4.74 Å². The van der Waals surface area contributed by atoms with Crippen molar-refractivity contribution in [2.45, 2.75) is 57.3 Å². The molecule has 0 radical (unpaired) electrons. The molecule has 3 heterocycles. The second-order valence-corrected chi connectivity index (χ2v) is 5.48. The van der Waals surface area contributed by atoms with E-state index < -0.39 is 0 Å². The number of piperidine rings is 1. The highest BCUT2D eigenvalue weighted by molar-refractivity contribution is 5.80. The summed E-state index contributed by atoms with van der Waals surface area (Å²) in [6.45, 7) is 2.80. The average molecular weight is 264 g/mol. The van der Waals surface area contributed by atoms with E-state index >= 15 is 0 Å². The molecule has 0 bridgehead atoms. The largest absolute Gasteiger partial charge is 0.355 e. The predicted octanol–water partition coefficient (Wildman–Crippen LogP) is 1.36. The highest BCUT2D eigenvalue weighted by atomic mass is 16.5. The molecule has 1 aromatic heterocycles. The molecule has 0 aliphatic carbocycles. The second-order valence-electron chi connectivity index (χ2n) is 5.48. The van der Waals surface area contributed by atoms with Gasteiger partial charge in [0.1, 0.15) is 11.5 Å². The summed E-state index contributed by atoms with van der Waals surface area (Å²) in [4.78, 5) is 13.3. The maximum absolute atomic E-state index is 11.6. The van der Waals surface area contributed by atoms with Crippen LogP contribution in [0, 0.1) is 0 Å². The van der Waals surface area contributed by atoms with Gasteiger partial charge in [-0.05, 0) is 26.2 Å². The number of nitrogens with zero attached hydrogens (tertiary/aromatic N) is 3. The molecule has 3 unspecified atom stereocenters. The molecule has 0 spiro atoms. The summed E-state index contributed by atoms with van der Waals surface area (Å²) < 4.78 is 5.66. The fourth-order valence-corrected chi connectivity index (χ4v) is 2.80. The lowest BCUT2D eigenvalue weighted by atomic mass is 9.97. The normalized spacial score (nSPS) is 32.5. The Kier molecular flexibility index (Phi) is 3.61. The van der Waals surface area contributed by atoms with E-state index in [9.17, 15) is 4.79 Å². The molecular weight excluding hydrogens is 244 g/mol. The van der Waals surface area contributed by atoms with Crippen molar-refractivity contribution in [1.82, 2.24) is 20.3 Å². The van der Waals surface area contributed by atoms with Crippen molar-refractivity contribution in [1.29, 1.82) is 0 Å². The summed E-state index contributed by atoms with van der Waals surface area (Å²) in [5.41, 5.74) is 0.842. The Balaban J connectivity index is 1.71. The quantitative estimate of drug-likeness (QED) is 0.873. The molecule has 3 rings (SSSR count). The summed E-state index contributed by atoms with van der Waals surface area (Å²) in [6.07, 6.45) is 6.05. The number of hydrogen-bond acceptors (Lipinski definition) is 5. The lowest BCUT2D eigenvalue weighted by molar-refractivity contribution is -0.121. The van der Waals surface area contributed by atoms with Crippen LogP contribution in [0.5, 0.6) is 0 Å². The summed E-state index contributed by atoms with van der Waals surface area (Å²) >= 11 is 0. The fourth-order valence-electron chi connectivity index (χ4n) is 2.80. The molecule has 2 aliphatic rings. The van der Waals surface area contributed by atoms with Crippen LogP contribution in [0.2, 0.25) is 0 Å². The number of hydrogen-bond donors (Lipinski definition) is 1. The molecular formula is C13H20N4O2. The number of carbonyl (C=O) groups is 1. The molecule has 1 aromatic rings. The average Bonchev–Trinajstić information content (AvgIpc) is 2.88. The molecule has 1 N–H and O–H groups in total. The third-order valence-corrected chi connectivity index (χ3v) is 3.75. The zero-order chi connectivity index (χ0) is 13.2. The molecule has 2 aliphatic heterocycles. The van der Waals surface area contributed by atoms with Crippen LogP contribution in [0.25, 0.3) is 0 Å². The zero-order valence-electron chi connectivity index (χ0n) is 11.2. The van der Waals surface area contributed by atoms with Gasteiger partial charge >= 0.3 is 0 Å². The van der Waals surface area contributed by atoms with Gasteiger partial charge < -0.3 is 10.1 Å². The summed E-state index contributed by atoms with van der Waals surface area (Å²) in [6, 6.07) is 0.205. The van der Waals surface area contributed by atoms with Gasteiger partial charge in [-0.2, -0.15) is 15.0 Å². The highest BCUT2D eigenvalue weighted by Crippen LogP contribution is 2.24. The van der Waals surface area contributed by atoms with E-state index in [1.165, 1.54) is 0 Å². The Morgan fingerprint density at radius 3 is 3.05 bits per heavy atom. The number of ether oxygens (including phenoxy) is 1. The Morgan fingerprint density at radius 1 is 1.42 bits per heavy atom. The first-order valence-electron chi connectivity index (χ1n) is 7.03. The standard InChI is InChI=1S/C13H20N4O2/c1-9-6-10(18)7-11(15-9)12-8-14-17(16-12)13-4-2-3-5-19-13/h8-9,11,13,15H,2-7H2,1H3. The van der Waals surface area contributed by atoms with Crippen molar-refractivity contribution in [2.75, 3.05) is 6.61 Å². The summed E-state index contributed by atoms with van der Waals surface area (Å²) in [5.74, 6) is 0.291. The molecule has 0 saturated carbocycles. The first kappa shape index (κ1) is 12.7. The van der Waals surface area contributed by atoms with Gasteiger partial charge in [0.25, 0.3) is 0 Å². The molecule has 6 heteroatoms. The Bertz CT molecular complexity index is 453. The summed E-state index contributed by atoms with van der Waals surface area (Å²) in [5, 5.41) is 12.2. The number of carbonyl (C=O) groups excluding carboxylic acids is 1. The van der Waals surface area contributed by atoms with Crippen LogP contribution >= 0.6 is 0 Å². The number of aromatic nitrogens is 3. The predicted molar refractivity (Wildman–Crippen MR) is 68.4 cm³/mol. The Labute approximate surface area is 112 Å². The first-order valence-corrected chi connectivity index (χ1v) is 7.03. The molecule has 19 heavy (non-hydrogen) atoms. The third kappa shape index (κ3) is 2.84.